The Morgan fingerprint density at radius 3 is 2.29 bits per heavy atom. The molecule has 8 heteroatoms. The third-order valence-electron chi connectivity index (χ3n) is 10.4. The summed E-state index contributed by atoms with van der Waals surface area (Å²) >= 11 is 0. The minimum Gasteiger partial charge on any atom is -0.491 e. The van der Waals surface area contributed by atoms with Gasteiger partial charge in [0.05, 0.1) is 13.3 Å². The van der Waals surface area contributed by atoms with Crippen LogP contribution in [0.5, 0.6) is 5.75 Å². The average Bonchev–Trinajstić information content (AvgIpc) is 3.52. The Morgan fingerprint density at radius 1 is 1.02 bits per heavy atom. The van der Waals surface area contributed by atoms with E-state index in [1.807, 2.05) is 34.1 Å². The van der Waals surface area contributed by atoms with Crippen molar-refractivity contribution >= 4 is 11.7 Å². The topological polar surface area (TPSA) is 60.2 Å². The maximum Gasteiger partial charge on any atom is 0.231 e. The minimum atomic E-state index is -0.640. The van der Waals surface area contributed by atoms with Crippen molar-refractivity contribution in [2.75, 3.05) is 18.6 Å². The first-order chi connectivity index (χ1) is 20.2. The molecule has 224 valence electrons. The minimum absolute atomic E-state index is 0.0285. The summed E-state index contributed by atoms with van der Waals surface area (Å²) in [5.74, 6) is -0.679. The van der Waals surface area contributed by atoms with Gasteiger partial charge in [-0.25, -0.2) is 13.8 Å². The summed E-state index contributed by atoms with van der Waals surface area (Å²) in [6.45, 7) is 4.83. The molecule has 4 fully saturated rings. The summed E-state index contributed by atoms with van der Waals surface area (Å²) in [5.41, 5.74) is 2.48. The van der Waals surface area contributed by atoms with Crippen molar-refractivity contribution in [2.24, 2.45) is 11.3 Å². The Kier molecular flexibility index (Phi) is 7.83. The standard InChI is InChI=1S/C34H42F2N4O2/c1-23(2)40-21-26(20-38-40)25-9-16-37-30(17-25)39(32(41)24-7-5-4-6-8-24)22-33-10-13-34(14-11-33,15-12-33)27-18-28(35)31(42-3)29(36)19-27/h9,16-21,23-24H,4-8,10-15,22H2,1-3H3. The lowest BCUT2D eigenvalue weighted by Crippen LogP contribution is -2.51. The molecule has 0 aliphatic heterocycles. The van der Waals surface area contributed by atoms with Crippen LogP contribution in [0.25, 0.3) is 11.1 Å². The van der Waals surface area contributed by atoms with Crippen LogP contribution in [-0.2, 0) is 10.2 Å². The smallest absolute Gasteiger partial charge is 0.231 e. The van der Waals surface area contributed by atoms with Gasteiger partial charge in [0, 0.05) is 36.5 Å². The van der Waals surface area contributed by atoms with E-state index in [4.69, 9.17) is 9.72 Å². The number of carbonyl (C=O) groups is 1. The van der Waals surface area contributed by atoms with Crippen molar-refractivity contribution in [2.45, 2.75) is 95.9 Å². The van der Waals surface area contributed by atoms with Gasteiger partial charge < -0.3 is 4.74 Å². The van der Waals surface area contributed by atoms with E-state index >= 15 is 0 Å². The Labute approximate surface area is 247 Å². The predicted molar refractivity (Wildman–Crippen MR) is 159 cm³/mol. The average molecular weight is 577 g/mol. The van der Waals surface area contributed by atoms with Gasteiger partial charge in [-0.3, -0.25) is 14.4 Å². The molecule has 2 bridgehead atoms. The Morgan fingerprint density at radius 2 is 1.69 bits per heavy atom. The number of aromatic nitrogens is 3. The molecule has 3 aromatic rings. The molecule has 1 aromatic carbocycles. The molecule has 4 saturated carbocycles. The summed E-state index contributed by atoms with van der Waals surface area (Å²) < 4.78 is 36.2. The molecular formula is C34H42F2N4O2. The van der Waals surface area contributed by atoms with Gasteiger partial charge in [-0.05, 0) is 111 Å². The summed E-state index contributed by atoms with van der Waals surface area (Å²) in [6.07, 6.45) is 16.3. The normalized spacial score (nSPS) is 24.2. The predicted octanol–water partition coefficient (Wildman–Crippen LogP) is 8.02. The Balaban J connectivity index is 1.27. The van der Waals surface area contributed by atoms with Gasteiger partial charge in [0.15, 0.2) is 17.4 Å². The van der Waals surface area contributed by atoms with Crippen LogP contribution in [0.1, 0.15) is 96.1 Å². The van der Waals surface area contributed by atoms with Crippen LogP contribution in [0.15, 0.2) is 42.9 Å². The molecule has 2 aromatic heterocycles. The second-order valence-electron chi connectivity index (χ2n) is 13.2. The number of benzene rings is 1. The number of methoxy groups -OCH3 is 1. The third-order valence-corrected chi connectivity index (χ3v) is 10.4. The molecular weight excluding hydrogens is 534 g/mol. The molecule has 7 rings (SSSR count). The zero-order chi connectivity index (χ0) is 29.5. The summed E-state index contributed by atoms with van der Waals surface area (Å²) in [4.78, 5) is 20.9. The maximum absolute atomic E-state index is 14.7. The van der Waals surface area contributed by atoms with Crippen molar-refractivity contribution in [3.8, 4) is 16.9 Å². The van der Waals surface area contributed by atoms with Crippen molar-refractivity contribution in [3.63, 3.8) is 0 Å². The van der Waals surface area contributed by atoms with Crippen molar-refractivity contribution in [1.29, 1.82) is 0 Å². The second-order valence-corrected chi connectivity index (χ2v) is 13.2. The molecule has 6 nitrogen and oxygen atoms in total. The van der Waals surface area contributed by atoms with E-state index in [2.05, 4.69) is 18.9 Å². The number of fused-ring (bicyclic) bond motifs is 3. The summed E-state index contributed by atoms with van der Waals surface area (Å²) in [5, 5.41) is 4.51. The summed E-state index contributed by atoms with van der Waals surface area (Å²) in [7, 11) is 1.29. The van der Waals surface area contributed by atoms with Crippen LogP contribution in [0.2, 0.25) is 0 Å². The number of rotatable bonds is 8. The molecule has 4 aliphatic carbocycles. The van der Waals surface area contributed by atoms with E-state index in [1.54, 1.807) is 6.20 Å². The lowest BCUT2D eigenvalue weighted by molar-refractivity contribution is -0.124. The van der Waals surface area contributed by atoms with Gasteiger partial charge in [-0.1, -0.05) is 19.3 Å². The van der Waals surface area contributed by atoms with Crippen molar-refractivity contribution in [1.82, 2.24) is 14.8 Å². The van der Waals surface area contributed by atoms with Crippen LogP contribution in [-0.4, -0.2) is 34.3 Å². The molecule has 0 atom stereocenters. The van der Waals surface area contributed by atoms with E-state index in [-0.39, 0.29) is 34.4 Å². The first-order valence-electron chi connectivity index (χ1n) is 15.6. The highest BCUT2D eigenvalue weighted by molar-refractivity contribution is 5.95. The zero-order valence-corrected chi connectivity index (χ0v) is 25.0. The van der Waals surface area contributed by atoms with Gasteiger partial charge in [0.25, 0.3) is 0 Å². The van der Waals surface area contributed by atoms with E-state index in [0.29, 0.717) is 12.4 Å². The highest BCUT2D eigenvalue weighted by Crippen LogP contribution is 2.58. The fourth-order valence-electron chi connectivity index (χ4n) is 7.69. The fourth-order valence-corrected chi connectivity index (χ4v) is 7.69. The van der Waals surface area contributed by atoms with Gasteiger partial charge in [-0.15, -0.1) is 0 Å². The molecule has 0 saturated heterocycles. The lowest BCUT2D eigenvalue weighted by Gasteiger charge is -2.55. The molecule has 0 N–H and O–H groups in total. The van der Waals surface area contributed by atoms with Crippen LogP contribution < -0.4 is 9.64 Å². The number of carbonyl (C=O) groups excluding carboxylic acids is 1. The third kappa shape index (κ3) is 5.33. The highest BCUT2D eigenvalue weighted by Gasteiger charge is 2.51. The number of nitrogens with zero attached hydrogens (tertiary/aromatic N) is 4. The Hall–Kier alpha value is -3.29. The molecule has 0 spiro atoms. The molecule has 4 aliphatic rings. The molecule has 0 radical (unpaired) electrons. The molecule has 42 heavy (non-hydrogen) atoms. The second kappa shape index (κ2) is 11.4. The lowest BCUT2D eigenvalue weighted by atomic mass is 9.51. The maximum atomic E-state index is 14.7. The van der Waals surface area contributed by atoms with Crippen LogP contribution in [0.4, 0.5) is 14.6 Å². The number of hydrogen-bond donors (Lipinski definition) is 0. The van der Waals surface area contributed by atoms with Gasteiger partial charge in [-0.2, -0.15) is 5.10 Å². The fraction of sp³-hybridized carbons (Fsp3) is 0.559. The quantitative estimate of drug-likeness (QED) is 0.272. The van der Waals surface area contributed by atoms with E-state index < -0.39 is 11.6 Å². The number of hydrogen-bond acceptors (Lipinski definition) is 4. The Bertz CT molecular complexity index is 1400. The monoisotopic (exact) mass is 576 g/mol. The first kappa shape index (κ1) is 28.8. The van der Waals surface area contributed by atoms with E-state index in [0.717, 1.165) is 80.9 Å². The SMILES string of the molecule is COc1c(F)cc(C23CCC(CN(C(=O)C4CCCCC4)c4cc(-c5cnn(C(C)C)c5)ccn4)(CC2)CC3)cc1F. The van der Waals surface area contributed by atoms with Crippen LogP contribution >= 0.6 is 0 Å². The highest BCUT2D eigenvalue weighted by atomic mass is 19.1. The first-order valence-corrected chi connectivity index (χ1v) is 15.6. The van der Waals surface area contributed by atoms with E-state index in [9.17, 15) is 13.6 Å². The summed E-state index contributed by atoms with van der Waals surface area (Å²) in [6, 6.07) is 7.22. The number of anilines is 1. The van der Waals surface area contributed by atoms with Crippen molar-refractivity contribution < 1.29 is 18.3 Å². The molecule has 0 unspecified atom stereocenters. The van der Waals surface area contributed by atoms with Crippen LogP contribution in [0.3, 0.4) is 0 Å². The zero-order valence-electron chi connectivity index (χ0n) is 25.0. The largest absolute Gasteiger partial charge is 0.491 e. The number of pyridine rings is 1. The van der Waals surface area contributed by atoms with Crippen LogP contribution in [0, 0.1) is 23.0 Å². The van der Waals surface area contributed by atoms with Gasteiger partial charge in [0.2, 0.25) is 5.91 Å². The van der Waals surface area contributed by atoms with Gasteiger partial charge >= 0.3 is 0 Å². The number of amides is 1. The number of halogens is 2. The molecule has 1 amide bonds. The van der Waals surface area contributed by atoms with Crippen molar-refractivity contribution in [3.05, 3.63) is 60.1 Å². The number of ether oxygens (including phenoxy) is 1. The molecule has 2 heterocycles. The van der Waals surface area contributed by atoms with Gasteiger partial charge in [0.1, 0.15) is 5.82 Å². The van der Waals surface area contributed by atoms with E-state index in [1.165, 1.54) is 25.7 Å².